The number of aromatic nitrogens is 3. The molecule has 40 heavy (non-hydrogen) atoms. The van der Waals surface area contributed by atoms with E-state index in [2.05, 4.69) is 15.2 Å². The molecule has 0 unspecified atom stereocenters. The molecule has 0 spiro atoms. The van der Waals surface area contributed by atoms with Gasteiger partial charge in [0.25, 0.3) is 10.0 Å². The molecule has 0 bridgehead atoms. The molecule has 7 nitrogen and oxygen atoms in total. The Morgan fingerprint density at radius 3 is 2.00 bits per heavy atom. The Hall–Kier alpha value is -3.89. The average Bonchev–Trinajstić information content (AvgIpc) is 3.46. The van der Waals surface area contributed by atoms with Crippen molar-refractivity contribution in [2.24, 2.45) is 0 Å². The Morgan fingerprint density at radius 2 is 1.45 bits per heavy atom. The van der Waals surface area contributed by atoms with Gasteiger partial charge < -0.3 is 9.64 Å². The van der Waals surface area contributed by atoms with Crippen LogP contribution in [0.4, 0.5) is 8.78 Å². The highest BCUT2D eigenvalue weighted by Gasteiger charge is 2.21. The van der Waals surface area contributed by atoms with Gasteiger partial charge in [-0.25, -0.2) is 8.78 Å². The number of rotatable bonds is 9. The van der Waals surface area contributed by atoms with Gasteiger partial charge in [-0.1, -0.05) is 35.1 Å². The van der Waals surface area contributed by atoms with Crippen molar-refractivity contribution in [3.63, 3.8) is 0 Å². The fourth-order valence-electron chi connectivity index (χ4n) is 4.96. The van der Waals surface area contributed by atoms with Crippen LogP contribution in [0.2, 0.25) is 0 Å². The highest BCUT2D eigenvalue weighted by molar-refractivity contribution is 7.89. The number of piperidine rings is 1. The van der Waals surface area contributed by atoms with Crippen LogP contribution in [0.5, 0.6) is 5.75 Å². The van der Waals surface area contributed by atoms with Gasteiger partial charge in [0, 0.05) is 13.1 Å². The summed E-state index contributed by atoms with van der Waals surface area (Å²) < 4.78 is 58.9. The van der Waals surface area contributed by atoms with E-state index in [1.807, 2.05) is 0 Å². The van der Waals surface area contributed by atoms with Gasteiger partial charge >= 0.3 is 0 Å². The van der Waals surface area contributed by atoms with Crippen LogP contribution in [0.25, 0.3) is 5.57 Å². The molecular formula is C30H30F2N4O3S. The number of aryl methyl sites for hydroxylation is 1. The fourth-order valence-corrected chi connectivity index (χ4v) is 6.05. The minimum Gasteiger partial charge on any atom is -0.497 e. The quantitative estimate of drug-likeness (QED) is 0.274. The van der Waals surface area contributed by atoms with E-state index >= 15 is 0 Å². The molecule has 4 aromatic rings. The second-order valence-corrected chi connectivity index (χ2v) is 11.5. The van der Waals surface area contributed by atoms with Crippen molar-refractivity contribution in [1.82, 2.24) is 19.3 Å². The molecule has 1 aliphatic heterocycles. The first-order valence-corrected chi connectivity index (χ1v) is 14.5. The maximum Gasteiger partial charge on any atom is 0.284 e. The van der Waals surface area contributed by atoms with E-state index in [4.69, 9.17) is 4.74 Å². The van der Waals surface area contributed by atoms with Crippen molar-refractivity contribution in [3.8, 4) is 5.75 Å². The lowest BCUT2D eigenvalue weighted by molar-refractivity contribution is 0.254. The molecule has 0 N–H and O–H groups in total. The lowest BCUT2D eigenvalue weighted by Gasteiger charge is -2.30. The highest BCUT2D eigenvalue weighted by Crippen LogP contribution is 2.32. The summed E-state index contributed by atoms with van der Waals surface area (Å²) >= 11 is 0. The third-order valence-electron chi connectivity index (χ3n) is 7.11. The summed E-state index contributed by atoms with van der Waals surface area (Å²) in [4.78, 5) is 2.48. The van der Waals surface area contributed by atoms with E-state index in [9.17, 15) is 17.2 Å². The number of likely N-dealkylation sites (tertiary alicyclic amines) is 1. The zero-order chi connectivity index (χ0) is 28.1. The van der Waals surface area contributed by atoms with Crippen LogP contribution in [0.15, 0.2) is 89.5 Å². The molecule has 3 aromatic carbocycles. The molecule has 10 heteroatoms. The molecule has 0 radical (unpaired) electrons. The number of halogens is 2. The molecule has 5 rings (SSSR count). The predicted molar refractivity (Wildman–Crippen MR) is 148 cm³/mol. The van der Waals surface area contributed by atoms with Gasteiger partial charge in [0.05, 0.1) is 23.9 Å². The fraction of sp³-hybridized carbons (Fsp3) is 0.267. The third kappa shape index (κ3) is 6.29. The van der Waals surface area contributed by atoms with Gasteiger partial charge in [-0.2, -0.15) is 8.42 Å². The summed E-state index contributed by atoms with van der Waals surface area (Å²) in [6, 6.07) is 19.0. The summed E-state index contributed by atoms with van der Waals surface area (Å²) in [7, 11) is -2.30. The van der Waals surface area contributed by atoms with E-state index in [0.29, 0.717) is 17.9 Å². The molecule has 0 saturated carbocycles. The van der Waals surface area contributed by atoms with E-state index < -0.39 is 10.0 Å². The lowest BCUT2D eigenvalue weighted by atomic mass is 9.88. The van der Waals surface area contributed by atoms with E-state index in [1.54, 1.807) is 36.4 Å². The van der Waals surface area contributed by atoms with Gasteiger partial charge in [-0.15, -0.1) is 9.19 Å². The van der Waals surface area contributed by atoms with Crippen LogP contribution in [0, 0.1) is 11.6 Å². The Bertz CT molecular complexity index is 1530. The lowest BCUT2D eigenvalue weighted by Crippen LogP contribution is -2.32. The standard InChI is InChI=1S/C30H30F2N4O3S/c1-39-28-12-14-29(15-13-28)40(37,38)36-21-27(33-34-36)3-2-18-35-19-16-24(17-20-35)30(22-4-8-25(31)9-5-22)23-6-10-26(32)11-7-23/h4-15,21H,2-3,16-20H2,1H3. The number of hydrogen-bond donors (Lipinski definition) is 0. The van der Waals surface area contributed by atoms with Crippen molar-refractivity contribution in [2.75, 3.05) is 26.7 Å². The molecule has 1 fully saturated rings. The molecule has 1 saturated heterocycles. The zero-order valence-corrected chi connectivity index (χ0v) is 22.9. The number of ether oxygens (including phenoxy) is 1. The largest absolute Gasteiger partial charge is 0.497 e. The van der Waals surface area contributed by atoms with Crippen molar-refractivity contribution in [2.45, 2.75) is 30.6 Å². The maximum absolute atomic E-state index is 13.6. The summed E-state index contributed by atoms with van der Waals surface area (Å²) in [6.07, 6.45) is 4.58. The maximum atomic E-state index is 13.6. The van der Waals surface area contributed by atoms with Crippen LogP contribution in [0.3, 0.4) is 0 Å². The monoisotopic (exact) mass is 564 g/mol. The third-order valence-corrected chi connectivity index (χ3v) is 8.65. The van der Waals surface area contributed by atoms with E-state index in [1.165, 1.54) is 55.3 Å². The van der Waals surface area contributed by atoms with Crippen LogP contribution in [-0.4, -0.2) is 54.5 Å². The van der Waals surface area contributed by atoms with Gasteiger partial charge in [-0.05, 0) is 97.5 Å². The van der Waals surface area contributed by atoms with Crippen molar-refractivity contribution < 1.29 is 21.9 Å². The first kappa shape index (κ1) is 27.7. The van der Waals surface area contributed by atoms with Crippen molar-refractivity contribution in [1.29, 1.82) is 0 Å². The molecule has 2 heterocycles. The predicted octanol–water partition coefficient (Wildman–Crippen LogP) is 5.33. The molecule has 208 valence electrons. The second-order valence-electron chi connectivity index (χ2n) is 9.70. The molecule has 0 aliphatic carbocycles. The highest BCUT2D eigenvalue weighted by atomic mass is 32.2. The number of benzene rings is 3. The minimum absolute atomic E-state index is 0.113. The van der Waals surface area contributed by atoms with Gasteiger partial charge in [0.1, 0.15) is 17.4 Å². The molecule has 1 aliphatic rings. The van der Waals surface area contributed by atoms with E-state index in [0.717, 1.165) is 59.7 Å². The van der Waals surface area contributed by atoms with Gasteiger partial charge in [-0.3, -0.25) is 0 Å². The first-order valence-electron chi connectivity index (χ1n) is 13.1. The normalized spacial score (nSPS) is 14.3. The van der Waals surface area contributed by atoms with Crippen LogP contribution in [-0.2, 0) is 16.4 Å². The Kier molecular flexibility index (Phi) is 8.37. The number of hydrogen-bond acceptors (Lipinski definition) is 6. The summed E-state index contributed by atoms with van der Waals surface area (Å²) in [5.41, 5.74) is 4.76. The average molecular weight is 565 g/mol. The topological polar surface area (TPSA) is 77.3 Å². The Morgan fingerprint density at radius 1 is 0.875 bits per heavy atom. The first-order chi connectivity index (χ1) is 19.3. The molecular weight excluding hydrogens is 534 g/mol. The van der Waals surface area contributed by atoms with Gasteiger partial charge in [0.15, 0.2) is 0 Å². The van der Waals surface area contributed by atoms with Crippen molar-refractivity contribution in [3.05, 3.63) is 113 Å². The molecule has 0 atom stereocenters. The number of nitrogens with zero attached hydrogens (tertiary/aromatic N) is 4. The minimum atomic E-state index is -3.82. The van der Waals surface area contributed by atoms with E-state index in [-0.39, 0.29) is 16.5 Å². The van der Waals surface area contributed by atoms with Gasteiger partial charge in [0.2, 0.25) is 0 Å². The summed E-state index contributed by atoms with van der Waals surface area (Å²) in [6.45, 7) is 2.56. The molecule has 0 amide bonds. The number of methoxy groups -OCH3 is 1. The zero-order valence-electron chi connectivity index (χ0n) is 22.1. The van der Waals surface area contributed by atoms with Crippen LogP contribution < -0.4 is 4.74 Å². The summed E-state index contributed by atoms with van der Waals surface area (Å²) in [5, 5.41) is 7.92. The summed E-state index contributed by atoms with van der Waals surface area (Å²) in [5.74, 6) is -0.0125. The second kappa shape index (κ2) is 12.1. The van der Waals surface area contributed by atoms with Crippen LogP contribution in [0.1, 0.15) is 36.1 Å². The molecule has 1 aromatic heterocycles. The van der Waals surface area contributed by atoms with Crippen molar-refractivity contribution >= 4 is 15.6 Å². The smallest absolute Gasteiger partial charge is 0.284 e. The Labute approximate surface area is 232 Å². The Balaban J connectivity index is 1.20. The van der Waals surface area contributed by atoms with Crippen LogP contribution >= 0.6 is 0 Å². The SMILES string of the molecule is COc1ccc(S(=O)(=O)n2cc(CCCN3CCC(=C(c4ccc(F)cc4)c4ccc(F)cc4)CC3)nn2)cc1.